The fourth-order valence-corrected chi connectivity index (χ4v) is 3.77. The smallest absolute Gasteiger partial charge is 0.257 e. The third kappa shape index (κ3) is 2.70. The molecule has 0 saturated carbocycles. The first-order chi connectivity index (χ1) is 10.7. The van der Waals surface area contributed by atoms with E-state index in [9.17, 15) is 9.59 Å². The van der Waals surface area contributed by atoms with Gasteiger partial charge in [0, 0.05) is 16.6 Å². The second kappa shape index (κ2) is 6.20. The van der Waals surface area contributed by atoms with Crippen molar-refractivity contribution in [2.45, 2.75) is 16.6 Å². The molecule has 1 aliphatic rings. The Bertz CT molecular complexity index is 727. The van der Waals surface area contributed by atoms with Crippen molar-refractivity contribution in [3.63, 3.8) is 0 Å². The number of nitrogens with zero attached hydrogens (tertiary/aromatic N) is 1. The van der Waals surface area contributed by atoms with Gasteiger partial charge in [0.25, 0.3) is 5.91 Å². The van der Waals surface area contributed by atoms with Gasteiger partial charge in [-0.1, -0.05) is 49.0 Å². The van der Waals surface area contributed by atoms with Crippen LogP contribution in [0.5, 0.6) is 0 Å². The molecular formula is C18H15NO2S. The van der Waals surface area contributed by atoms with Gasteiger partial charge >= 0.3 is 0 Å². The van der Waals surface area contributed by atoms with E-state index in [2.05, 4.69) is 6.58 Å². The Kier molecular flexibility index (Phi) is 4.11. The van der Waals surface area contributed by atoms with Gasteiger partial charge in [0.05, 0.1) is 5.69 Å². The highest BCUT2D eigenvalue weighted by molar-refractivity contribution is 7.99. The maximum absolute atomic E-state index is 12.6. The number of thioether (sulfide) groups is 1. The van der Waals surface area contributed by atoms with Gasteiger partial charge < -0.3 is 0 Å². The summed E-state index contributed by atoms with van der Waals surface area (Å²) in [6.45, 7) is 3.50. The number of amides is 2. The normalized spacial score (nSPS) is 17.5. The molecular weight excluding hydrogens is 294 g/mol. The highest BCUT2D eigenvalue weighted by Gasteiger charge is 2.31. The average Bonchev–Trinajstić information content (AvgIpc) is 2.71. The number of para-hydroxylation sites is 1. The van der Waals surface area contributed by atoms with Gasteiger partial charge in [0.1, 0.15) is 0 Å². The van der Waals surface area contributed by atoms with Crippen LogP contribution in [0.1, 0.15) is 17.2 Å². The minimum Gasteiger partial charge on any atom is -0.274 e. The zero-order valence-electron chi connectivity index (χ0n) is 11.9. The Morgan fingerprint density at radius 2 is 1.82 bits per heavy atom. The molecule has 0 spiro atoms. The molecule has 3 rings (SSSR count). The fourth-order valence-electron chi connectivity index (χ4n) is 2.51. The van der Waals surface area contributed by atoms with Crippen molar-refractivity contribution in [1.82, 2.24) is 0 Å². The molecule has 3 nitrogen and oxygen atoms in total. The summed E-state index contributed by atoms with van der Waals surface area (Å²) in [4.78, 5) is 26.9. The minimum absolute atomic E-state index is 0.00235. The number of hydrogen-bond acceptors (Lipinski definition) is 3. The monoisotopic (exact) mass is 309 g/mol. The molecule has 0 N–H and O–H groups in total. The summed E-state index contributed by atoms with van der Waals surface area (Å²) < 4.78 is 0. The van der Waals surface area contributed by atoms with Crippen LogP contribution in [0.4, 0.5) is 5.69 Å². The number of anilines is 1. The third-order valence-corrected chi connectivity index (χ3v) is 4.87. The number of imide groups is 1. The summed E-state index contributed by atoms with van der Waals surface area (Å²) in [5, 5.41) is -0.00235. The highest BCUT2D eigenvalue weighted by Crippen LogP contribution is 2.45. The molecule has 1 unspecified atom stereocenters. The first-order valence-corrected chi connectivity index (χ1v) is 7.88. The van der Waals surface area contributed by atoms with Gasteiger partial charge in [-0.15, -0.1) is 11.8 Å². The summed E-state index contributed by atoms with van der Waals surface area (Å²) in [7, 11) is 0. The molecule has 0 aliphatic carbocycles. The molecule has 0 bridgehead atoms. The van der Waals surface area contributed by atoms with Crippen molar-refractivity contribution >= 4 is 29.3 Å². The van der Waals surface area contributed by atoms with Crippen LogP contribution in [-0.2, 0) is 9.59 Å². The van der Waals surface area contributed by atoms with Crippen molar-refractivity contribution in [2.75, 3.05) is 4.90 Å². The second-order valence-electron chi connectivity index (χ2n) is 4.96. The first kappa shape index (κ1) is 14.6. The fraction of sp³-hybridized carbons (Fsp3) is 0.111. The van der Waals surface area contributed by atoms with E-state index in [-0.39, 0.29) is 23.5 Å². The molecule has 22 heavy (non-hydrogen) atoms. The van der Waals surface area contributed by atoms with Crippen LogP contribution < -0.4 is 4.90 Å². The molecule has 2 aromatic carbocycles. The van der Waals surface area contributed by atoms with Gasteiger partial charge in [0.2, 0.25) is 5.91 Å². The van der Waals surface area contributed by atoms with E-state index in [1.807, 2.05) is 48.5 Å². The van der Waals surface area contributed by atoms with E-state index >= 15 is 0 Å². The standard InChI is InChI=1S/C18H15NO2S/c1-2-17(20)19-14-10-6-7-11-15(14)22-16(12-18(19)21)13-8-4-3-5-9-13/h2-11,16H,1,12H2. The van der Waals surface area contributed by atoms with E-state index in [1.165, 1.54) is 11.0 Å². The van der Waals surface area contributed by atoms with E-state index in [4.69, 9.17) is 0 Å². The van der Waals surface area contributed by atoms with Crippen LogP contribution in [0.25, 0.3) is 0 Å². The topological polar surface area (TPSA) is 37.4 Å². The quantitative estimate of drug-likeness (QED) is 0.788. The zero-order valence-corrected chi connectivity index (χ0v) is 12.8. The summed E-state index contributed by atoms with van der Waals surface area (Å²) in [5.41, 5.74) is 1.73. The second-order valence-corrected chi connectivity index (χ2v) is 6.21. The van der Waals surface area contributed by atoms with Crippen molar-refractivity contribution in [2.24, 2.45) is 0 Å². The molecule has 0 fully saturated rings. The zero-order chi connectivity index (χ0) is 15.5. The van der Waals surface area contributed by atoms with Gasteiger partial charge in [-0.2, -0.15) is 0 Å². The Labute approximate surface area is 133 Å². The molecule has 0 radical (unpaired) electrons. The largest absolute Gasteiger partial charge is 0.274 e. The van der Waals surface area contributed by atoms with E-state index < -0.39 is 0 Å². The van der Waals surface area contributed by atoms with Crippen LogP contribution in [0.2, 0.25) is 0 Å². The lowest BCUT2D eigenvalue weighted by molar-refractivity contribution is -0.124. The van der Waals surface area contributed by atoms with Crippen LogP contribution in [0, 0.1) is 0 Å². The summed E-state index contributed by atoms with van der Waals surface area (Å²) in [6.07, 6.45) is 1.46. The Morgan fingerprint density at radius 3 is 2.55 bits per heavy atom. The lowest BCUT2D eigenvalue weighted by Gasteiger charge is -2.18. The predicted octanol–water partition coefficient (Wildman–Crippen LogP) is 3.97. The molecule has 0 aromatic heterocycles. The molecule has 1 heterocycles. The molecule has 110 valence electrons. The Morgan fingerprint density at radius 1 is 1.14 bits per heavy atom. The molecule has 1 aliphatic heterocycles. The number of hydrogen-bond donors (Lipinski definition) is 0. The maximum Gasteiger partial charge on any atom is 0.257 e. The molecule has 2 aromatic rings. The van der Waals surface area contributed by atoms with E-state index in [0.29, 0.717) is 5.69 Å². The number of rotatable bonds is 2. The van der Waals surface area contributed by atoms with Gasteiger partial charge in [-0.25, -0.2) is 4.90 Å². The lowest BCUT2D eigenvalue weighted by Crippen LogP contribution is -2.35. The Balaban J connectivity index is 2.06. The minimum atomic E-state index is -0.383. The molecule has 2 amide bonds. The average molecular weight is 309 g/mol. The summed E-state index contributed by atoms with van der Waals surface area (Å²) in [6, 6.07) is 17.4. The highest BCUT2D eigenvalue weighted by atomic mass is 32.2. The van der Waals surface area contributed by atoms with Crippen molar-refractivity contribution in [1.29, 1.82) is 0 Å². The molecule has 0 saturated heterocycles. The lowest BCUT2D eigenvalue weighted by atomic mass is 10.1. The van der Waals surface area contributed by atoms with Crippen LogP contribution in [0.3, 0.4) is 0 Å². The first-order valence-electron chi connectivity index (χ1n) is 7.00. The maximum atomic E-state index is 12.6. The van der Waals surface area contributed by atoms with Crippen molar-refractivity contribution in [3.8, 4) is 0 Å². The molecule has 1 atom stereocenters. The number of carbonyl (C=O) groups excluding carboxylic acids is 2. The van der Waals surface area contributed by atoms with E-state index in [1.54, 1.807) is 17.8 Å². The van der Waals surface area contributed by atoms with Crippen molar-refractivity contribution < 1.29 is 9.59 Å². The Hall–Kier alpha value is -2.33. The van der Waals surface area contributed by atoms with Crippen LogP contribution in [0.15, 0.2) is 72.1 Å². The SMILES string of the molecule is C=CC(=O)N1C(=O)CC(c2ccccc2)Sc2ccccc21. The van der Waals surface area contributed by atoms with Gasteiger partial charge in [-0.05, 0) is 23.8 Å². The summed E-state index contributed by atoms with van der Waals surface area (Å²) >= 11 is 1.62. The van der Waals surface area contributed by atoms with Gasteiger partial charge in [-0.3, -0.25) is 9.59 Å². The third-order valence-electron chi connectivity index (χ3n) is 3.55. The predicted molar refractivity (Wildman–Crippen MR) is 88.8 cm³/mol. The number of fused-ring (bicyclic) bond motifs is 1. The molecule has 4 heteroatoms. The number of carbonyl (C=O) groups is 2. The number of benzene rings is 2. The summed E-state index contributed by atoms with van der Waals surface area (Å²) in [5.74, 6) is -0.581. The van der Waals surface area contributed by atoms with Gasteiger partial charge in [0.15, 0.2) is 0 Å². The van der Waals surface area contributed by atoms with Crippen LogP contribution >= 0.6 is 11.8 Å². The van der Waals surface area contributed by atoms with Crippen LogP contribution in [-0.4, -0.2) is 11.8 Å². The van der Waals surface area contributed by atoms with Crippen molar-refractivity contribution in [3.05, 3.63) is 72.8 Å². The van der Waals surface area contributed by atoms with E-state index in [0.717, 1.165) is 10.5 Å².